The lowest BCUT2D eigenvalue weighted by Gasteiger charge is -2.28. The molecule has 5 heteroatoms. The maximum absolute atomic E-state index is 13.7. The zero-order valence-electron chi connectivity index (χ0n) is 11.2. The molecule has 0 saturated carbocycles. The first kappa shape index (κ1) is 14.3. The van der Waals surface area contributed by atoms with Crippen molar-refractivity contribution >= 4 is 17.7 Å². The first-order valence-electron chi connectivity index (χ1n) is 6.48. The van der Waals surface area contributed by atoms with E-state index in [2.05, 4.69) is 5.32 Å². The van der Waals surface area contributed by atoms with Gasteiger partial charge in [-0.2, -0.15) is 0 Å². The van der Waals surface area contributed by atoms with Crippen LogP contribution >= 0.6 is 11.8 Å². The minimum atomic E-state index is -0.522. The lowest BCUT2D eigenvalue weighted by molar-refractivity contribution is -0.124. The summed E-state index contributed by atoms with van der Waals surface area (Å²) in [4.78, 5) is 12.7. The lowest BCUT2D eigenvalue weighted by atomic mass is 10.0. The SMILES string of the molecule is CC(C)[C@H](N)C(=O)NC1CCSc2c(F)cccc21. The molecule has 1 aliphatic rings. The van der Waals surface area contributed by atoms with Crippen LogP contribution in [0.2, 0.25) is 0 Å². The fraction of sp³-hybridized carbons (Fsp3) is 0.500. The minimum Gasteiger partial charge on any atom is -0.348 e. The van der Waals surface area contributed by atoms with Crippen LogP contribution in [0.25, 0.3) is 0 Å². The molecule has 1 amide bonds. The van der Waals surface area contributed by atoms with E-state index in [0.29, 0.717) is 4.90 Å². The highest BCUT2D eigenvalue weighted by atomic mass is 32.2. The summed E-state index contributed by atoms with van der Waals surface area (Å²) < 4.78 is 13.7. The topological polar surface area (TPSA) is 55.1 Å². The predicted molar refractivity (Wildman–Crippen MR) is 75.4 cm³/mol. The van der Waals surface area contributed by atoms with Gasteiger partial charge in [-0.15, -0.1) is 11.8 Å². The zero-order chi connectivity index (χ0) is 14.0. The third-order valence-corrected chi connectivity index (χ3v) is 4.52. The van der Waals surface area contributed by atoms with Crippen LogP contribution in [0, 0.1) is 11.7 Å². The minimum absolute atomic E-state index is 0.0879. The highest BCUT2D eigenvalue weighted by molar-refractivity contribution is 7.99. The number of halogens is 1. The summed E-state index contributed by atoms with van der Waals surface area (Å²) in [6, 6.07) is 4.35. The van der Waals surface area contributed by atoms with E-state index in [1.165, 1.54) is 17.8 Å². The molecule has 0 spiro atoms. The third-order valence-electron chi connectivity index (χ3n) is 3.36. The van der Waals surface area contributed by atoms with Crippen LogP contribution in [0.5, 0.6) is 0 Å². The molecule has 0 radical (unpaired) electrons. The summed E-state index contributed by atoms with van der Waals surface area (Å²) in [6.07, 6.45) is 0.803. The van der Waals surface area contributed by atoms with Crippen molar-refractivity contribution in [3.8, 4) is 0 Å². The standard InChI is InChI=1S/C14H19FN2OS/c1-8(2)12(16)14(18)17-11-6-7-19-13-9(11)4-3-5-10(13)15/h3-5,8,11-12H,6-7,16H2,1-2H3,(H,17,18)/t11?,12-/m0/s1. The Morgan fingerprint density at radius 1 is 1.53 bits per heavy atom. The van der Waals surface area contributed by atoms with Crippen molar-refractivity contribution in [2.45, 2.75) is 37.2 Å². The van der Waals surface area contributed by atoms with E-state index in [1.807, 2.05) is 19.9 Å². The van der Waals surface area contributed by atoms with Gasteiger partial charge in [0, 0.05) is 10.6 Å². The molecule has 104 valence electrons. The molecule has 1 aromatic rings. The Balaban J connectivity index is 2.16. The number of hydrogen-bond donors (Lipinski definition) is 2. The monoisotopic (exact) mass is 282 g/mol. The van der Waals surface area contributed by atoms with Crippen LogP contribution in [-0.4, -0.2) is 17.7 Å². The number of nitrogens with two attached hydrogens (primary N) is 1. The summed E-state index contributed by atoms with van der Waals surface area (Å²) in [5.74, 6) is 0.511. The quantitative estimate of drug-likeness (QED) is 0.895. The predicted octanol–water partition coefficient (Wildman–Crippen LogP) is 2.46. The molecule has 3 N–H and O–H groups in total. The second-order valence-corrected chi connectivity index (χ2v) is 6.23. The second kappa shape index (κ2) is 5.92. The maximum atomic E-state index is 13.7. The Bertz CT molecular complexity index is 479. The van der Waals surface area contributed by atoms with Crippen molar-refractivity contribution in [3.63, 3.8) is 0 Å². The van der Waals surface area contributed by atoms with E-state index >= 15 is 0 Å². The Morgan fingerprint density at radius 3 is 2.95 bits per heavy atom. The van der Waals surface area contributed by atoms with Crippen LogP contribution in [0.1, 0.15) is 31.9 Å². The molecule has 19 heavy (non-hydrogen) atoms. The fourth-order valence-corrected chi connectivity index (χ4v) is 3.25. The molecule has 2 atom stereocenters. The number of carbonyl (C=O) groups is 1. The Kier molecular flexibility index (Phi) is 4.47. The van der Waals surface area contributed by atoms with Gasteiger partial charge in [0.05, 0.1) is 12.1 Å². The highest BCUT2D eigenvalue weighted by Crippen LogP contribution is 2.37. The Hall–Kier alpha value is -1.07. The zero-order valence-corrected chi connectivity index (χ0v) is 12.0. The maximum Gasteiger partial charge on any atom is 0.237 e. The van der Waals surface area contributed by atoms with Crippen LogP contribution in [0.15, 0.2) is 23.1 Å². The van der Waals surface area contributed by atoms with Gasteiger partial charge in [0.1, 0.15) is 5.82 Å². The molecule has 3 nitrogen and oxygen atoms in total. The van der Waals surface area contributed by atoms with Gasteiger partial charge in [-0.3, -0.25) is 4.79 Å². The van der Waals surface area contributed by atoms with E-state index in [9.17, 15) is 9.18 Å². The average molecular weight is 282 g/mol. The van der Waals surface area contributed by atoms with Gasteiger partial charge in [0.15, 0.2) is 0 Å². The van der Waals surface area contributed by atoms with E-state index in [1.54, 1.807) is 6.07 Å². The van der Waals surface area contributed by atoms with Crippen molar-refractivity contribution in [2.75, 3.05) is 5.75 Å². The van der Waals surface area contributed by atoms with Crippen molar-refractivity contribution in [1.82, 2.24) is 5.32 Å². The second-order valence-electron chi connectivity index (χ2n) is 5.13. The average Bonchev–Trinajstić information content (AvgIpc) is 2.39. The number of thioether (sulfide) groups is 1. The molecule has 1 unspecified atom stereocenters. The van der Waals surface area contributed by atoms with Crippen LogP contribution < -0.4 is 11.1 Å². The van der Waals surface area contributed by atoms with Crippen LogP contribution in [0.3, 0.4) is 0 Å². The lowest BCUT2D eigenvalue weighted by Crippen LogP contribution is -2.45. The number of carbonyl (C=O) groups excluding carboxylic acids is 1. The van der Waals surface area contributed by atoms with E-state index in [0.717, 1.165) is 17.7 Å². The summed E-state index contributed by atoms with van der Waals surface area (Å²) >= 11 is 1.50. The van der Waals surface area contributed by atoms with Crippen molar-refractivity contribution in [2.24, 2.45) is 11.7 Å². The number of benzene rings is 1. The van der Waals surface area contributed by atoms with E-state index in [-0.39, 0.29) is 23.7 Å². The molecule has 2 rings (SSSR count). The number of hydrogen-bond acceptors (Lipinski definition) is 3. The summed E-state index contributed by atoms with van der Waals surface area (Å²) in [6.45, 7) is 3.82. The summed E-state index contributed by atoms with van der Waals surface area (Å²) in [7, 11) is 0. The Morgan fingerprint density at radius 2 is 2.26 bits per heavy atom. The van der Waals surface area contributed by atoms with E-state index < -0.39 is 6.04 Å². The van der Waals surface area contributed by atoms with Gasteiger partial charge < -0.3 is 11.1 Å². The Labute approximate surface area is 117 Å². The van der Waals surface area contributed by atoms with Gasteiger partial charge in [-0.25, -0.2) is 4.39 Å². The number of nitrogens with one attached hydrogen (secondary N) is 1. The third kappa shape index (κ3) is 3.09. The molecular weight excluding hydrogens is 263 g/mol. The van der Waals surface area contributed by atoms with Crippen molar-refractivity contribution < 1.29 is 9.18 Å². The molecule has 0 bridgehead atoms. The molecule has 0 aliphatic carbocycles. The van der Waals surface area contributed by atoms with Crippen LogP contribution in [-0.2, 0) is 4.79 Å². The van der Waals surface area contributed by atoms with Gasteiger partial charge in [-0.1, -0.05) is 26.0 Å². The first-order valence-corrected chi connectivity index (χ1v) is 7.46. The van der Waals surface area contributed by atoms with Crippen LogP contribution in [0.4, 0.5) is 4.39 Å². The normalized spacial score (nSPS) is 19.9. The van der Waals surface area contributed by atoms with Gasteiger partial charge in [-0.05, 0) is 24.0 Å². The van der Waals surface area contributed by atoms with Gasteiger partial charge in [0.25, 0.3) is 0 Å². The molecule has 0 aromatic heterocycles. The molecule has 0 saturated heterocycles. The van der Waals surface area contributed by atoms with Crippen molar-refractivity contribution in [3.05, 3.63) is 29.6 Å². The first-order chi connectivity index (χ1) is 9.00. The summed E-state index contributed by atoms with van der Waals surface area (Å²) in [5, 5.41) is 2.94. The smallest absolute Gasteiger partial charge is 0.237 e. The highest BCUT2D eigenvalue weighted by Gasteiger charge is 2.26. The number of amides is 1. The molecule has 1 heterocycles. The molecular formula is C14H19FN2OS. The molecule has 1 aromatic carbocycles. The largest absolute Gasteiger partial charge is 0.348 e. The molecule has 0 fully saturated rings. The van der Waals surface area contributed by atoms with E-state index in [4.69, 9.17) is 5.73 Å². The van der Waals surface area contributed by atoms with Gasteiger partial charge in [0.2, 0.25) is 5.91 Å². The number of rotatable bonds is 3. The van der Waals surface area contributed by atoms with Gasteiger partial charge >= 0.3 is 0 Å². The number of fused-ring (bicyclic) bond motifs is 1. The van der Waals surface area contributed by atoms with Crippen molar-refractivity contribution in [1.29, 1.82) is 0 Å². The molecule has 1 aliphatic heterocycles. The summed E-state index contributed by atoms with van der Waals surface area (Å²) in [5.41, 5.74) is 6.70. The fourth-order valence-electron chi connectivity index (χ4n) is 2.11.